The fourth-order valence-electron chi connectivity index (χ4n) is 3.59. The van der Waals surface area contributed by atoms with Gasteiger partial charge in [0, 0.05) is 19.5 Å². The molecule has 1 atom stereocenters. The SMILES string of the molecule is COc1cc(CNC(=O)CCCC/C=C/C(C)C)ccc1OC(=O)CN1CCCC(F)C1. The van der Waals surface area contributed by atoms with Gasteiger partial charge in [-0.15, -0.1) is 0 Å². The molecule has 6 nitrogen and oxygen atoms in total. The highest BCUT2D eigenvalue weighted by atomic mass is 19.1. The van der Waals surface area contributed by atoms with Gasteiger partial charge in [-0.05, 0) is 62.3 Å². The van der Waals surface area contributed by atoms with Crippen molar-refractivity contribution in [2.75, 3.05) is 26.7 Å². The van der Waals surface area contributed by atoms with Gasteiger partial charge in [0.1, 0.15) is 6.17 Å². The molecule has 1 unspecified atom stereocenters. The molecule has 1 aromatic carbocycles. The fraction of sp³-hybridized carbons (Fsp3) is 0.600. The van der Waals surface area contributed by atoms with E-state index in [1.54, 1.807) is 23.1 Å². The number of rotatable bonds is 12. The van der Waals surface area contributed by atoms with Crippen molar-refractivity contribution in [2.45, 2.75) is 65.1 Å². The third-order valence-corrected chi connectivity index (χ3v) is 5.29. The minimum Gasteiger partial charge on any atom is -0.493 e. The van der Waals surface area contributed by atoms with Crippen LogP contribution in [0.3, 0.4) is 0 Å². The van der Waals surface area contributed by atoms with Crippen LogP contribution in [0.1, 0.15) is 57.9 Å². The summed E-state index contributed by atoms with van der Waals surface area (Å²) in [4.78, 5) is 26.1. The highest BCUT2D eigenvalue weighted by Crippen LogP contribution is 2.28. The van der Waals surface area contributed by atoms with Crippen LogP contribution < -0.4 is 14.8 Å². The monoisotopic (exact) mass is 448 g/mol. The van der Waals surface area contributed by atoms with Gasteiger partial charge >= 0.3 is 5.97 Å². The molecule has 32 heavy (non-hydrogen) atoms. The van der Waals surface area contributed by atoms with Gasteiger partial charge in [0.25, 0.3) is 0 Å². The summed E-state index contributed by atoms with van der Waals surface area (Å²) < 4.78 is 24.3. The third kappa shape index (κ3) is 9.81. The number of nitrogens with zero attached hydrogens (tertiary/aromatic N) is 1. The van der Waals surface area contributed by atoms with Crippen LogP contribution >= 0.6 is 0 Å². The Balaban J connectivity index is 1.76. The lowest BCUT2D eigenvalue weighted by atomic mass is 10.1. The topological polar surface area (TPSA) is 67.9 Å². The Morgan fingerprint density at radius 2 is 2.09 bits per heavy atom. The lowest BCUT2D eigenvalue weighted by Crippen LogP contribution is -2.40. The quantitative estimate of drug-likeness (QED) is 0.222. The summed E-state index contributed by atoms with van der Waals surface area (Å²) in [5.41, 5.74) is 0.853. The van der Waals surface area contributed by atoms with Gasteiger partial charge < -0.3 is 14.8 Å². The molecule has 1 N–H and O–H groups in total. The number of unbranched alkanes of at least 4 members (excludes halogenated alkanes) is 2. The number of benzene rings is 1. The highest BCUT2D eigenvalue weighted by Gasteiger charge is 2.22. The maximum atomic E-state index is 13.5. The normalized spacial score (nSPS) is 17.0. The second-order valence-electron chi connectivity index (χ2n) is 8.63. The Morgan fingerprint density at radius 3 is 2.81 bits per heavy atom. The molecule has 2 rings (SSSR count). The van der Waals surface area contributed by atoms with Gasteiger partial charge in [-0.2, -0.15) is 0 Å². The van der Waals surface area contributed by atoms with E-state index in [4.69, 9.17) is 9.47 Å². The lowest BCUT2D eigenvalue weighted by molar-refractivity contribution is -0.136. The van der Waals surface area contributed by atoms with Crippen molar-refractivity contribution in [3.8, 4) is 11.5 Å². The van der Waals surface area contributed by atoms with Crippen LogP contribution in [0.2, 0.25) is 0 Å². The Labute approximate surface area is 191 Å². The van der Waals surface area contributed by atoms with E-state index in [1.807, 2.05) is 0 Å². The molecule has 0 aromatic heterocycles. The van der Waals surface area contributed by atoms with Crippen molar-refractivity contribution in [3.63, 3.8) is 0 Å². The fourth-order valence-corrected chi connectivity index (χ4v) is 3.59. The number of hydrogen-bond donors (Lipinski definition) is 1. The number of ether oxygens (including phenoxy) is 2. The van der Waals surface area contributed by atoms with Crippen LogP contribution in [0.5, 0.6) is 11.5 Å². The van der Waals surface area contributed by atoms with E-state index in [-0.39, 0.29) is 19.0 Å². The first-order valence-electron chi connectivity index (χ1n) is 11.5. The minimum absolute atomic E-state index is 0.0139. The first-order chi connectivity index (χ1) is 15.4. The summed E-state index contributed by atoms with van der Waals surface area (Å²) in [5, 5.41) is 2.92. The molecular formula is C25H37FN2O4. The van der Waals surface area contributed by atoms with Crippen LogP contribution in [0.25, 0.3) is 0 Å². The number of carbonyl (C=O) groups excluding carboxylic acids is 2. The van der Waals surface area contributed by atoms with Crippen LogP contribution in [-0.2, 0) is 16.1 Å². The molecule has 178 valence electrons. The van der Waals surface area contributed by atoms with Crippen LogP contribution in [0.4, 0.5) is 4.39 Å². The standard InChI is InChI=1S/C25H37FN2O4/c1-19(2)9-6-4-5-7-11-24(29)27-16-20-12-13-22(23(15-20)31-3)32-25(30)18-28-14-8-10-21(26)17-28/h6,9,12-13,15,19,21H,4-5,7-8,10-11,14,16-18H2,1-3H3,(H,27,29)/b9-6+. The van der Waals surface area contributed by atoms with Crippen molar-refractivity contribution in [3.05, 3.63) is 35.9 Å². The number of alkyl halides is 1. The summed E-state index contributed by atoms with van der Waals surface area (Å²) in [6.45, 7) is 5.68. The largest absolute Gasteiger partial charge is 0.493 e. The van der Waals surface area contributed by atoms with E-state index in [0.717, 1.165) is 31.2 Å². The molecule has 1 aromatic rings. The molecule has 1 fully saturated rings. The molecule has 0 bridgehead atoms. The van der Waals surface area contributed by atoms with Crippen molar-refractivity contribution >= 4 is 11.9 Å². The number of halogens is 1. The van der Waals surface area contributed by atoms with E-state index in [0.29, 0.717) is 43.3 Å². The van der Waals surface area contributed by atoms with E-state index >= 15 is 0 Å². The lowest BCUT2D eigenvalue weighted by Gasteiger charge is -2.27. The van der Waals surface area contributed by atoms with Gasteiger partial charge in [0.2, 0.25) is 5.91 Å². The van der Waals surface area contributed by atoms with Crippen molar-refractivity contribution < 1.29 is 23.5 Å². The average molecular weight is 449 g/mol. The number of nitrogens with one attached hydrogen (secondary N) is 1. The number of amides is 1. The maximum absolute atomic E-state index is 13.5. The Morgan fingerprint density at radius 1 is 1.28 bits per heavy atom. The minimum atomic E-state index is -0.887. The number of piperidine rings is 1. The molecule has 7 heteroatoms. The molecule has 1 amide bonds. The van der Waals surface area contributed by atoms with Gasteiger partial charge in [-0.1, -0.05) is 32.1 Å². The summed E-state index contributed by atoms with van der Waals surface area (Å²) in [5.74, 6) is 0.866. The number of carbonyl (C=O) groups is 2. The molecule has 1 heterocycles. The van der Waals surface area contributed by atoms with E-state index in [9.17, 15) is 14.0 Å². The number of likely N-dealkylation sites (tertiary alicyclic amines) is 1. The summed E-state index contributed by atoms with van der Waals surface area (Å²) in [6, 6.07) is 5.20. The molecular weight excluding hydrogens is 411 g/mol. The molecule has 1 aliphatic rings. The molecule has 1 aliphatic heterocycles. The zero-order chi connectivity index (χ0) is 23.3. The van der Waals surface area contributed by atoms with Crippen LogP contribution in [0.15, 0.2) is 30.4 Å². The first-order valence-corrected chi connectivity index (χ1v) is 11.5. The second kappa shape index (κ2) is 13.9. The Hall–Kier alpha value is -2.41. The molecule has 1 saturated heterocycles. The Bertz CT molecular complexity index is 766. The van der Waals surface area contributed by atoms with Gasteiger partial charge in [-0.25, -0.2) is 4.39 Å². The maximum Gasteiger partial charge on any atom is 0.325 e. The summed E-state index contributed by atoms with van der Waals surface area (Å²) in [6.07, 6.45) is 8.10. The predicted octanol–water partition coefficient (Wildman–Crippen LogP) is 4.42. The van der Waals surface area contributed by atoms with E-state index < -0.39 is 12.1 Å². The molecule has 0 saturated carbocycles. The van der Waals surface area contributed by atoms with Gasteiger partial charge in [0.15, 0.2) is 11.5 Å². The smallest absolute Gasteiger partial charge is 0.325 e. The van der Waals surface area contributed by atoms with Crippen molar-refractivity contribution in [1.82, 2.24) is 10.2 Å². The Kier molecular flexibility index (Phi) is 11.2. The van der Waals surface area contributed by atoms with Crippen LogP contribution in [-0.4, -0.2) is 49.7 Å². The molecule has 0 aliphatic carbocycles. The van der Waals surface area contributed by atoms with E-state index in [2.05, 4.69) is 31.3 Å². The number of allylic oxidation sites excluding steroid dienone is 2. The van der Waals surface area contributed by atoms with Crippen molar-refractivity contribution in [1.29, 1.82) is 0 Å². The molecule has 0 radical (unpaired) electrons. The summed E-state index contributed by atoms with van der Waals surface area (Å²) >= 11 is 0. The molecule has 0 spiro atoms. The van der Waals surface area contributed by atoms with E-state index in [1.165, 1.54) is 7.11 Å². The number of esters is 1. The zero-order valence-electron chi connectivity index (χ0n) is 19.6. The average Bonchev–Trinajstić information content (AvgIpc) is 2.75. The summed E-state index contributed by atoms with van der Waals surface area (Å²) in [7, 11) is 1.50. The van der Waals surface area contributed by atoms with Crippen molar-refractivity contribution in [2.24, 2.45) is 5.92 Å². The first kappa shape index (κ1) is 25.8. The van der Waals surface area contributed by atoms with Gasteiger partial charge in [-0.3, -0.25) is 14.5 Å². The third-order valence-electron chi connectivity index (χ3n) is 5.29. The van der Waals surface area contributed by atoms with Gasteiger partial charge in [0.05, 0.1) is 13.7 Å². The second-order valence-corrected chi connectivity index (χ2v) is 8.63. The van der Waals surface area contributed by atoms with Crippen LogP contribution in [0, 0.1) is 5.92 Å². The zero-order valence-corrected chi connectivity index (χ0v) is 19.6. The highest BCUT2D eigenvalue weighted by molar-refractivity contribution is 5.76. The predicted molar refractivity (Wildman–Crippen MR) is 123 cm³/mol. The number of methoxy groups -OCH3 is 1. The number of hydrogen-bond acceptors (Lipinski definition) is 5.